The highest BCUT2D eigenvalue weighted by Crippen LogP contribution is 2.27. The third-order valence-electron chi connectivity index (χ3n) is 5.57. The van der Waals surface area contributed by atoms with E-state index >= 15 is 0 Å². The lowest BCUT2D eigenvalue weighted by Crippen LogP contribution is -2.23. The van der Waals surface area contributed by atoms with Crippen molar-refractivity contribution in [3.05, 3.63) is 77.9 Å². The topological polar surface area (TPSA) is 113 Å². The summed E-state index contributed by atoms with van der Waals surface area (Å²) in [5.41, 5.74) is 2.69. The normalized spacial score (nSPS) is 14.3. The highest BCUT2D eigenvalue weighted by molar-refractivity contribution is 7.93. The molecule has 1 aliphatic heterocycles. The van der Waals surface area contributed by atoms with Gasteiger partial charge in [0.15, 0.2) is 0 Å². The molecule has 1 heterocycles. The van der Waals surface area contributed by atoms with Crippen LogP contribution < -0.4 is 14.3 Å². The highest BCUT2D eigenvalue weighted by atomic mass is 32.2. The summed E-state index contributed by atoms with van der Waals surface area (Å²) in [6, 6.07) is 17.3. The second-order valence-corrected chi connectivity index (χ2v) is 11.6. The van der Waals surface area contributed by atoms with Gasteiger partial charge in [-0.15, -0.1) is 0 Å². The van der Waals surface area contributed by atoms with Crippen molar-refractivity contribution in [2.75, 3.05) is 20.9 Å². The van der Waals surface area contributed by atoms with E-state index in [2.05, 4.69) is 9.44 Å². The zero-order valence-corrected chi connectivity index (χ0v) is 20.4. The number of amides is 1. The van der Waals surface area contributed by atoms with Crippen LogP contribution in [0, 0.1) is 13.8 Å². The van der Waals surface area contributed by atoms with E-state index in [1.165, 1.54) is 24.3 Å². The second-order valence-electron chi connectivity index (χ2n) is 8.20. The Kier molecular flexibility index (Phi) is 6.37. The minimum atomic E-state index is -3.99. The molecule has 0 bridgehead atoms. The molecule has 3 aromatic carbocycles. The van der Waals surface area contributed by atoms with Crippen molar-refractivity contribution in [2.45, 2.75) is 36.5 Å². The summed E-state index contributed by atoms with van der Waals surface area (Å²) >= 11 is 0. The first-order valence-corrected chi connectivity index (χ1v) is 13.7. The van der Waals surface area contributed by atoms with Crippen LogP contribution >= 0.6 is 0 Å². The molecule has 4 rings (SSSR count). The number of sulfonamides is 2. The van der Waals surface area contributed by atoms with Gasteiger partial charge in [-0.05, 0) is 79.9 Å². The SMILES string of the molecule is Cc1cccc(NS(=O)(=O)c2ccc(C)c(NS(=O)(=O)c3ccc(N4CCCC4=O)cc3)c2)c1. The van der Waals surface area contributed by atoms with Gasteiger partial charge in [-0.2, -0.15) is 0 Å². The number of hydrogen-bond donors (Lipinski definition) is 2. The molecule has 0 saturated carbocycles. The van der Waals surface area contributed by atoms with Gasteiger partial charge in [0.05, 0.1) is 15.5 Å². The number of hydrogen-bond acceptors (Lipinski definition) is 5. The minimum Gasteiger partial charge on any atom is -0.312 e. The summed E-state index contributed by atoms with van der Waals surface area (Å²) in [7, 11) is -7.92. The summed E-state index contributed by atoms with van der Waals surface area (Å²) in [5, 5.41) is 0. The van der Waals surface area contributed by atoms with E-state index in [0.29, 0.717) is 29.9 Å². The first-order valence-electron chi connectivity index (χ1n) is 10.7. The van der Waals surface area contributed by atoms with Crippen LogP contribution in [-0.4, -0.2) is 29.3 Å². The number of benzene rings is 3. The van der Waals surface area contributed by atoms with Crippen molar-refractivity contribution in [3.63, 3.8) is 0 Å². The van der Waals surface area contributed by atoms with Crippen molar-refractivity contribution in [1.82, 2.24) is 0 Å². The number of rotatable bonds is 7. The molecule has 8 nitrogen and oxygen atoms in total. The lowest BCUT2D eigenvalue weighted by Gasteiger charge is -2.17. The van der Waals surface area contributed by atoms with Gasteiger partial charge in [0.2, 0.25) is 5.91 Å². The smallest absolute Gasteiger partial charge is 0.261 e. The summed E-state index contributed by atoms with van der Waals surface area (Å²) in [5.74, 6) is 0.0154. The summed E-state index contributed by atoms with van der Waals surface area (Å²) < 4.78 is 56.7. The van der Waals surface area contributed by atoms with Gasteiger partial charge >= 0.3 is 0 Å². The number of carbonyl (C=O) groups excluding carboxylic acids is 1. The van der Waals surface area contributed by atoms with E-state index in [1.54, 1.807) is 48.2 Å². The Morgan fingerprint density at radius 1 is 0.794 bits per heavy atom. The predicted octanol–water partition coefficient (Wildman–Crippen LogP) is 4.03. The molecule has 1 aliphatic rings. The molecular formula is C24H25N3O5S2. The molecule has 3 aromatic rings. The first kappa shape index (κ1) is 23.8. The standard InChI is InChI=1S/C24H25N3O5S2/c1-17-5-3-6-19(15-17)25-34(31,32)22-11-8-18(2)23(16-22)26-33(29,30)21-12-9-20(10-13-21)27-14-4-7-24(27)28/h3,5-6,8-13,15-16,25-26H,4,7,14H2,1-2H3. The Morgan fingerprint density at radius 3 is 2.12 bits per heavy atom. The molecule has 1 amide bonds. The summed E-state index contributed by atoms with van der Waals surface area (Å²) in [6.45, 7) is 4.15. The molecule has 0 atom stereocenters. The van der Waals surface area contributed by atoms with E-state index in [4.69, 9.17) is 0 Å². The number of anilines is 3. The van der Waals surface area contributed by atoms with Crippen LogP contribution in [0.1, 0.15) is 24.0 Å². The molecule has 0 aliphatic carbocycles. The van der Waals surface area contributed by atoms with E-state index in [9.17, 15) is 21.6 Å². The Labute approximate surface area is 199 Å². The molecule has 1 fully saturated rings. The molecule has 0 radical (unpaired) electrons. The lowest BCUT2D eigenvalue weighted by atomic mass is 10.2. The number of nitrogens with zero attached hydrogens (tertiary/aromatic N) is 1. The number of nitrogens with one attached hydrogen (secondary N) is 2. The van der Waals surface area contributed by atoms with E-state index < -0.39 is 20.0 Å². The van der Waals surface area contributed by atoms with Crippen molar-refractivity contribution >= 4 is 43.0 Å². The molecule has 0 spiro atoms. The zero-order valence-electron chi connectivity index (χ0n) is 18.8. The fraction of sp³-hybridized carbons (Fsp3) is 0.208. The molecule has 10 heteroatoms. The molecule has 178 valence electrons. The van der Waals surface area contributed by atoms with Crippen molar-refractivity contribution in [3.8, 4) is 0 Å². The molecule has 2 N–H and O–H groups in total. The van der Waals surface area contributed by atoms with Gasteiger partial charge in [-0.25, -0.2) is 16.8 Å². The lowest BCUT2D eigenvalue weighted by molar-refractivity contribution is -0.117. The Balaban J connectivity index is 1.57. The maximum Gasteiger partial charge on any atom is 0.261 e. The number of carbonyl (C=O) groups is 1. The summed E-state index contributed by atoms with van der Waals surface area (Å²) in [6.07, 6.45) is 1.26. The van der Waals surface area contributed by atoms with Crippen LogP contribution in [0.4, 0.5) is 17.1 Å². The van der Waals surface area contributed by atoms with E-state index in [1.807, 2.05) is 13.0 Å². The highest BCUT2D eigenvalue weighted by Gasteiger charge is 2.23. The van der Waals surface area contributed by atoms with E-state index in [-0.39, 0.29) is 21.4 Å². The van der Waals surface area contributed by atoms with Gasteiger partial charge in [-0.1, -0.05) is 18.2 Å². The summed E-state index contributed by atoms with van der Waals surface area (Å²) in [4.78, 5) is 13.5. The molecule has 0 unspecified atom stereocenters. The van der Waals surface area contributed by atoms with Crippen molar-refractivity contribution < 1.29 is 21.6 Å². The molecule has 34 heavy (non-hydrogen) atoms. The number of aryl methyl sites for hydroxylation is 2. The van der Waals surface area contributed by atoms with Crippen LogP contribution in [0.2, 0.25) is 0 Å². The van der Waals surface area contributed by atoms with Gasteiger partial charge in [0, 0.05) is 24.3 Å². The monoisotopic (exact) mass is 499 g/mol. The third kappa shape index (κ3) is 5.07. The van der Waals surface area contributed by atoms with Crippen molar-refractivity contribution in [2.24, 2.45) is 0 Å². The maximum absolute atomic E-state index is 13.0. The van der Waals surface area contributed by atoms with Crippen LogP contribution in [0.5, 0.6) is 0 Å². The zero-order chi connectivity index (χ0) is 24.5. The first-order chi connectivity index (χ1) is 16.0. The van der Waals surface area contributed by atoms with E-state index in [0.717, 1.165) is 12.0 Å². The Bertz CT molecular complexity index is 1450. The quantitative estimate of drug-likeness (QED) is 0.510. The maximum atomic E-state index is 13.0. The fourth-order valence-corrected chi connectivity index (χ4v) is 5.93. The fourth-order valence-electron chi connectivity index (χ4n) is 3.73. The van der Waals surface area contributed by atoms with Gasteiger partial charge in [0.25, 0.3) is 20.0 Å². The average molecular weight is 500 g/mol. The molecular weight excluding hydrogens is 474 g/mol. The minimum absolute atomic E-state index is 0.00782. The van der Waals surface area contributed by atoms with Crippen LogP contribution in [-0.2, 0) is 24.8 Å². The predicted molar refractivity (Wildman–Crippen MR) is 132 cm³/mol. The average Bonchev–Trinajstić information content (AvgIpc) is 3.20. The van der Waals surface area contributed by atoms with Gasteiger partial charge in [0.1, 0.15) is 0 Å². The molecule has 1 saturated heterocycles. The van der Waals surface area contributed by atoms with Crippen LogP contribution in [0.15, 0.2) is 76.5 Å². The van der Waals surface area contributed by atoms with Gasteiger partial charge in [-0.3, -0.25) is 14.2 Å². The van der Waals surface area contributed by atoms with Gasteiger partial charge < -0.3 is 4.90 Å². The Morgan fingerprint density at radius 2 is 1.47 bits per heavy atom. The van der Waals surface area contributed by atoms with Crippen molar-refractivity contribution in [1.29, 1.82) is 0 Å². The third-order valence-corrected chi connectivity index (χ3v) is 8.33. The van der Waals surface area contributed by atoms with Crippen LogP contribution in [0.25, 0.3) is 0 Å². The Hall–Kier alpha value is -3.37. The molecule has 0 aromatic heterocycles. The van der Waals surface area contributed by atoms with Crippen LogP contribution in [0.3, 0.4) is 0 Å². The largest absolute Gasteiger partial charge is 0.312 e. The second kappa shape index (κ2) is 9.11.